The van der Waals surface area contributed by atoms with E-state index < -0.39 is 8.32 Å². The molecular formula is C20H31ClN4OSSi. The van der Waals surface area contributed by atoms with Crippen LogP contribution >= 0.6 is 23.8 Å². The van der Waals surface area contributed by atoms with Crippen LogP contribution in [0.2, 0.25) is 23.2 Å². The molecule has 1 aliphatic heterocycles. The Morgan fingerprint density at radius 3 is 2.71 bits per heavy atom. The zero-order valence-electron chi connectivity index (χ0n) is 17.6. The topological polar surface area (TPSA) is 69.1 Å². The maximum atomic E-state index is 9.07. The van der Waals surface area contributed by atoms with Crippen LogP contribution in [-0.2, 0) is 4.43 Å². The van der Waals surface area contributed by atoms with E-state index in [2.05, 4.69) is 55.9 Å². The van der Waals surface area contributed by atoms with Crippen LogP contribution in [0.5, 0.6) is 0 Å². The highest BCUT2D eigenvalue weighted by molar-refractivity contribution is 7.80. The van der Waals surface area contributed by atoms with Crippen LogP contribution in [0.25, 0.3) is 0 Å². The van der Waals surface area contributed by atoms with Gasteiger partial charge in [0.25, 0.3) is 0 Å². The fourth-order valence-corrected chi connectivity index (χ4v) is 4.71. The SMILES string of the molecule is Cc1c(NC(=S)NC[C@H]2NCC[C@@H]2O[Si](C)(C)C(C)(C)C)ccc(C#N)c1Cl. The zero-order chi connectivity index (χ0) is 21.1. The summed E-state index contributed by atoms with van der Waals surface area (Å²) in [4.78, 5) is 0. The molecule has 0 saturated carbocycles. The highest BCUT2D eigenvalue weighted by Crippen LogP contribution is 2.38. The van der Waals surface area contributed by atoms with E-state index in [0.717, 1.165) is 24.2 Å². The van der Waals surface area contributed by atoms with Crippen LogP contribution in [-0.4, -0.2) is 38.7 Å². The van der Waals surface area contributed by atoms with Crippen LogP contribution in [0.15, 0.2) is 12.1 Å². The monoisotopic (exact) mass is 438 g/mol. The first kappa shape index (κ1) is 23.1. The third kappa shape index (κ3) is 5.46. The summed E-state index contributed by atoms with van der Waals surface area (Å²) in [6, 6.07) is 5.83. The quantitative estimate of drug-likeness (QED) is 0.462. The molecule has 1 fully saturated rings. The van der Waals surface area contributed by atoms with Crippen molar-refractivity contribution in [1.82, 2.24) is 10.6 Å². The van der Waals surface area contributed by atoms with E-state index in [-0.39, 0.29) is 17.2 Å². The number of nitrogens with one attached hydrogen (secondary N) is 3. The third-order valence-electron chi connectivity index (χ3n) is 5.77. The number of anilines is 1. The summed E-state index contributed by atoms with van der Waals surface area (Å²) in [5.41, 5.74) is 2.07. The summed E-state index contributed by atoms with van der Waals surface area (Å²) >= 11 is 11.7. The molecule has 0 spiro atoms. The molecule has 1 saturated heterocycles. The van der Waals surface area contributed by atoms with Crippen LogP contribution in [0.4, 0.5) is 5.69 Å². The van der Waals surface area contributed by atoms with Crippen molar-refractivity contribution in [3.05, 3.63) is 28.3 Å². The minimum atomic E-state index is -1.81. The van der Waals surface area contributed by atoms with Crippen molar-refractivity contribution in [3.63, 3.8) is 0 Å². The highest BCUT2D eigenvalue weighted by Gasteiger charge is 2.41. The predicted octanol–water partition coefficient (Wildman–Crippen LogP) is 4.56. The van der Waals surface area contributed by atoms with Gasteiger partial charge in [-0.3, -0.25) is 0 Å². The average molecular weight is 439 g/mol. The molecule has 154 valence electrons. The molecule has 0 amide bonds. The van der Waals surface area contributed by atoms with E-state index >= 15 is 0 Å². The molecule has 1 aromatic carbocycles. The number of halogens is 1. The molecule has 0 aliphatic carbocycles. The number of hydrogen-bond acceptors (Lipinski definition) is 4. The van der Waals surface area contributed by atoms with Crippen molar-refractivity contribution >= 4 is 42.9 Å². The van der Waals surface area contributed by atoms with Gasteiger partial charge in [0, 0.05) is 18.3 Å². The molecule has 1 aromatic rings. The molecule has 0 radical (unpaired) electrons. The normalized spacial score (nSPS) is 19.9. The Balaban J connectivity index is 1.94. The molecular weight excluding hydrogens is 408 g/mol. The van der Waals surface area contributed by atoms with E-state index in [1.165, 1.54) is 0 Å². The maximum absolute atomic E-state index is 9.07. The van der Waals surface area contributed by atoms with Gasteiger partial charge < -0.3 is 20.4 Å². The number of rotatable bonds is 5. The van der Waals surface area contributed by atoms with E-state index in [0.29, 0.717) is 22.2 Å². The fourth-order valence-electron chi connectivity index (χ4n) is 2.92. The van der Waals surface area contributed by atoms with Crippen LogP contribution < -0.4 is 16.0 Å². The Morgan fingerprint density at radius 1 is 1.43 bits per heavy atom. The van der Waals surface area contributed by atoms with Gasteiger partial charge in [0.2, 0.25) is 0 Å². The molecule has 3 N–H and O–H groups in total. The van der Waals surface area contributed by atoms with Gasteiger partial charge in [-0.15, -0.1) is 0 Å². The Morgan fingerprint density at radius 2 is 2.11 bits per heavy atom. The molecule has 0 aromatic heterocycles. The Hall–Kier alpha value is -1.17. The summed E-state index contributed by atoms with van der Waals surface area (Å²) in [6.45, 7) is 14.9. The molecule has 1 aliphatic rings. The zero-order valence-corrected chi connectivity index (χ0v) is 20.1. The van der Waals surface area contributed by atoms with Gasteiger partial charge >= 0.3 is 0 Å². The molecule has 5 nitrogen and oxygen atoms in total. The lowest BCUT2D eigenvalue weighted by atomic mass is 10.1. The molecule has 1 heterocycles. The minimum Gasteiger partial charge on any atom is -0.412 e. The lowest BCUT2D eigenvalue weighted by molar-refractivity contribution is 0.166. The molecule has 0 unspecified atom stereocenters. The van der Waals surface area contributed by atoms with Crippen LogP contribution in [0.1, 0.15) is 38.3 Å². The van der Waals surface area contributed by atoms with Crippen molar-refractivity contribution in [3.8, 4) is 6.07 Å². The standard InChI is InChI=1S/C20H31ClN4OSSi/c1-13-15(8-7-14(11-22)18(13)21)25-19(27)24-12-16-17(9-10-23-16)26-28(5,6)20(2,3)4/h7-8,16-17,23H,9-10,12H2,1-6H3,(H2,24,25,27)/t16-,17+/m1/s1. The van der Waals surface area contributed by atoms with E-state index in [4.69, 9.17) is 33.5 Å². The summed E-state index contributed by atoms with van der Waals surface area (Å²) in [6.07, 6.45) is 1.21. The fraction of sp³-hybridized carbons (Fsp3) is 0.600. The number of nitriles is 1. The van der Waals surface area contributed by atoms with Crippen LogP contribution in [0.3, 0.4) is 0 Å². The van der Waals surface area contributed by atoms with Crippen molar-refractivity contribution < 1.29 is 4.43 Å². The highest BCUT2D eigenvalue weighted by atomic mass is 35.5. The smallest absolute Gasteiger partial charge is 0.192 e. The first-order chi connectivity index (χ1) is 13.0. The Bertz CT molecular complexity index is 773. The Labute approximate surface area is 180 Å². The summed E-state index contributed by atoms with van der Waals surface area (Å²) < 4.78 is 6.61. The molecule has 2 atom stereocenters. The largest absolute Gasteiger partial charge is 0.412 e. The van der Waals surface area contributed by atoms with Gasteiger partial charge in [0.15, 0.2) is 13.4 Å². The van der Waals surface area contributed by atoms with E-state index in [1.54, 1.807) is 6.07 Å². The van der Waals surface area contributed by atoms with Gasteiger partial charge in [0.1, 0.15) is 6.07 Å². The van der Waals surface area contributed by atoms with E-state index in [1.807, 2.05) is 13.0 Å². The summed E-state index contributed by atoms with van der Waals surface area (Å²) in [5.74, 6) is 0. The number of benzene rings is 1. The number of thiocarbonyl (C=S) groups is 1. The second kappa shape index (κ2) is 9.10. The van der Waals surface area contributed by atoms with Gasteiger partial charge in [-0.1, -0.05) is 32.4 Å². The second-order valence-corrected chi connectivity index (χ2v) is 14.4. The number of nitrogens with zero attached hydrogens (tertiary/aromatic N) is 1. The number of hydrogen-bond donors (Lipinski definition) is 3. The Kier molecular flexibility index (Phi) is 7.51. The van der Waals surface area contributed by atoms with Crippen molar-refractivity contribution in [2.45, 2.75) is 64.4 Å². The molecule has 8 heteroatoms. The van der Waals surface area contributed by atoms with Gasteiger partial charge in [0.05, 0.1) is 16.7 Å². The minimum absolute atomic E-state index is 0.191. The first-order valence-electron chi connectivity index (χ1n) is 9.61. The van der Waals surface area contributed by atoms with Crippen molar-refractivity contribution in [2.24, 2.45) is 0 Å². The summed E-state index contributed by atoms with van der Waals surface area (Å²) in [5, 5.41) is 20.2. The van der Waals surface area contributed by atoms with Crippen LogP contribution in [0, 0.1) is 18.3 Å². The molecule has 28 heavy (non-hydrogen) atoms. The van der Waals surface area contributed by atoms with Gasteiger partial charge in [-0.25, -0.2) is 0 Å². The predicted molar refractivity (Wildman–Crippen MR) is 124 cm³/mol. The lowest BCUT2D eigenvalue weighted by Crippen LogP contribution is -2.50. The van der Waals surface area contributed by atoms with Gasteiger partial charge in [-0.05, 0) is 67.9 Å². The average Bonchev–Trinajstić information content (AvgIpc) is 3.03. The molecule has 0 bridgehead atoms. The first-order valence-corrected chi connectivity index (χ1v) is 13.3. The van der Waals surface area contributed by atoms with E-state index in [9.17, 15) is 0 Å². The lowest BCUT2D eigenvalue weighted by Gasteiger charge is -2.39. The summed E-state index contributed by atoms with van der Waals surface area (Å²) in [7, 11) is -1.81. The molecule has 2 rings (SSSR count). The third-order valence-corrected chi connectivity index (χ3v) is 11.0. The second-order valence-electron chi connectivity index (χ2n) is 8.81. The van der Waals surface area contributed by atoms with Gasteiger partial charge in [-0.2, -0.15) is 5.26 Å². The van der Waals surface area contributed by atoms with Crippen molar-refractivity contribution in [1.29, 1.82) is 5.26 Å². The maximum Gasteiger partial charge on any atom is 0.192 e. The van der Waals surface area contributed by atoms with Crippen molar-refractivity contribution in [2.75, 3.05) is 18.4 Å².